The van der Waals surface area contributed by atoms with E-state index in [0.29, 0.717) is 39.0 Å². The summed E-state index contributed by atoms with van der Waals surface area (Å²) in [6, 6.07) is 8.00. The van der Waals surface area contributed by atoms with Gasteiger partial charge in [0, 0.05) is 37.2 Å². The van der Waals surface area contributed by atoms with Crippen molar-refractivity contribution in [2.45, 2.75) is 70.7 Å². The van der Waals surface area contributed by atoms with E-state index in [1.165, 1.54) is 0 Å². The zero-order chi connectivity index (χ0) is 24.6. The molecule has 0 aliphatic carbocycles. The predicted molar refractivity (Wildman–Crippen MR) is 129 cm³/mol. The van der Waals surface area contributed by atoms with Crippen LogP contribution in [0.4, 0.5) is 0 Å². The van der Waals surface area contributed by atoms with Crippen LogP contribution in [0.25, 0.3) is 0 Å². The van der Waals surface area contributed by atoms with E-state index >= 15 is 0 Å². The Hall–Kier alpha value is -2.87. The van der Waals surface area contributed by atoms with Crippen molar-refractivity contribution in [3.8, 4) is 5.75 Å². The lowest BCUT2D eigenvalue weighted by Crippen LogP contribution is -2.64. The SMILES string of the molecule is CCOC(=O)[C@@]12C[C@@H]3[C@@H](O[C@@H]1CCN(C(=O)CCCc1cn[nH]c1)C2)c1ccccc1OC3(C)C. The van der Waals surface area contributed by atoms with Crippen LogP contribution >= 0.6 is 0 Å². The molecule has 0 bridgehead atoms. The van der Waals surface area contributed by atoms with E-state index in [1.54, 1.807) is 6.20 Å². The molecule has 2 saturated heterocycles. The summed E-state index contributed by atoms with van der Waals surface area (Å²) >= 11 is 0. The molecule has 4 atom stereocenters. The summed E-state index contributed by atoms with van der Waals surface area (Å²) in [6.07, 6.45) is 6.31. The molecule has 5 rings (SSSR count). The predicted octanol–water partition coefficient (Wildman–Crippen LogP) is 3.83. The number of aryl methyl sites for hydroxylation is 1. The molecule has 8 heteroatoms. The van der Waals surface area contributed by atoms with Crippen molar-refractivity contribution in [3.63, 3.8) is 0 Å². The molecule has 0 spiro atoms. The Labute approximate surface area is 206 Å². The van der Waals surface area contributed by atoms with Gasteiger partial charge in [-0.15, -0.1) is 0 Å². The van der Waals surface area contributed by atoms with Gasteiger partial charge in [-0.1, -0.05) is 18.2 Å². The summed E-state index contributed by atoms with van der Waals surface area (Å²) in [5.74, 6) is 0.595. The molecular formula is C27H35N3O5. The number of carbonyl (C=O) groups is 2. The Bertz CT molecular complexity index is 1070. The fourth-order valence-electron chi connectivity index (χ4n) is 6.09. The number of hydrogen-bond acceptors (Lipinski definition) is 6. The number of hydrogen-bond donors (Lipinski definition) is 1. The first kappa shape index (κ1) is 23.9. The number of aromatic nitrogens is 2. The molecule has 1 aromatic carbocycles. The zero-order valence-electron chi connectivity index (χ0n) is 20.8. The van der Waals surface area contributed by atoms with E-state index in [0.717, 1.165) is 29.7 Å². The molecule has 3 aliphatic rings. The number of fused-ring (bicyclic) bond motifs is 4. The first-order valence-corrected chi connectivity index (χ1v) is 12.7. The van der Waals surface area contributed by atoms with Crippen LogP contribution in [-0.4, -0.2) is 58.4 Å². The first-order chi connectivity index (χ1) is 16.8. The van der Waals surface area contributed by atoms with Crippen LogP contribution in [0.15, 0.2) is 36.7 Å². The van der Waals surface area contributed by atoms with Gasteiger partial charge in [0.25, 0.3) is 0 Å². The minimum Gasteiger partial charge on any atom is -0.487 e. The zero-order valence-corrected chi connectivity index (χ0v) is 20.8. The molecule has 8 nitrogen and oxygen atoms in total. The second-order valence-corrected chi connectivity index (χ2v) is 10.5. The molecule has 188 valence electrons. The number of H-pyrrole nitrogens is 1. The molecule has 1 amide bonds. The number of nitrogens with one attached hydrogen (secondary N) is 1. The van der Waals surface area contributed by atoms with Crippen molar-refractivity contribution < 1.29 is 23.8 Å². The van der Waals surface area contributed by atoms with E-state index in [9.17, 15) is 9.59 Å². The Kier molecular flexibility index (Phi) is 6.34. The number of ether oxygens (including phenoxy) is 3. The quantitative estimate of drug-likeness (QED) is 0.631. The number of piperidine rings is 1. The molecule has 0 saturated carbocycles. The molecular weight excluding hydrogens is 446 g/mol. The van der Waals surface area contributed by atoms with Gasteiger partial charge in [-0.2, -0.15) is 5.10 Å². The number of esters is 1. The number of likely N-dealkylation sites (tertiary alicyclic amines) is 1. The third-order valence-corrected chi connectivity index (χ3v) is 7.95. The molecule has 3 aliphatic heterocycles. The van der Waals surface area contributed by atoms with Gasteiger partial charge in [-0.25, -0.2) is 0 Å². The minimum atomic E-state index is -0.900. The van der Waals surface area contributed by atoms with Crippen molar-refractivity contribution in [1.82, 2.24) is 15.1 Å². The molecule has 0 unspecified atom stereocenters. The molecule has 1 aromatic heterocycles. The normalized spacial score (nSPS) is 28.8. The maximum atomic E-state index is 13.5. The van der Waals surface area contributed by atoms with Crippen molar-refractivity contribution in [2.24, 2.45) is 11.3 Å². The number of aromatic amines is 1. The summed E-state index contributed by atoms with van der Waals surface area (Å²) in [4.78, 5) is 28.6. The van der Waals surface area contributed by atoms with Crippen molar-refractivity contribution in [2.75, 3.05) is 19.7 Å². The Morgan fingerprint density at radius 1 is 1.29 bits per heavy atom. The summed E-state index contributed by atoms with van der Waals surface area (Å²) in [5, 5.41) is 6.77. The fraction of sp³-hybridized carbons (Fsp3) is 0.593. The third-order valence-electron chi connectivity index (χ3n) is 7.95. The number of benzene rings is 1. The average molecular weight is 482 g/mol. The fourth-order valence-corrected chi connectivity index (χ4v) is 6.09. The van der Waals surface area contributed by atoms with Crippen LogP contribution in [0.3, 0.4) is 0 Å². The van der Waals surface area contributed by atoms with Crippen LogP contribution in [0.2, 0.25) is 0 Å². The van der Waals surface area contributed by atoms with Crippen LogP contribution in [-0.2, 0) is 25.5 Å². The maximum absolute atomic E-state index is 13.5. The van der Waals surface area contributed by atoms with E-state index in [-0.39, 0.29) is 30.0 Å². The van der Waals surface area contributed by atoms with E-state index in [4.69, 9.17) is 14.2 Å². The number of carbonyl (C=O) groups excluding carboxylic acids is 2. The second-order valence-electron chi connectivity index (χ2n) is 10.5. The summed E-state index contributed by atoms with van der Waals surface area (Å²) in [6.45, 7) is 7.14. The molecule has 1 N–H and O–H groups in total. The van der Waals surface area contributed by atoms with E-state index in [1.807, 2.05) is 36.2 Å². The van der Waals surface area contributed by atoms with Crippen LogP contribution in [0.5, 0.6) is 5.75 Å². The monoisotopic (exact) mass is 481 g/mol. The number of nitrogens with zero attached hydrogens (tertiary/aromatic N) is 2. The van der Waals surface area contributed by atoms with Crippen molar-refractivity contribution >= 4 is 11.9 Å². The van der Waals surface area contributed by atoms with Gasteiger partial charge in [0.05, 0.1) is 25.0 Å². The third kappa shape index (κ3) is 4.33. The highest BCUT2D eigenvalue weighted by atomic mass is 16.5. The molecule has 0 radical (unpaired) electrons. The maximum Gasteiger partial charge on any atom is 0.316 e. The smallest absolute Gasteiger partial charge is 0.316 e. The summed E-state index contributed by atoms with van der Waals surface area (Å²) in [7, 11) is 0. The minimum absolute atomic E-state index is 0.0470. The van der Waals surface area contributed by atoms with E-state index in [2.05, 4.69) is 30.1 Å². The lowest BCUT2D eigenvalue weighted by atomic mass is 9.63. The number of amides is 1. The topological polar surface area (TPSA) is 93.8 Å². The first-order valence-electron chi connectivity index (χ1n) is 12.7. The lowest BCUT2D eigenvalue weighted by molar-refractivity contribution is -0.231. The van der Waals surface area contributed by atoms with Gasteiger partial charge in [0.1, 0.15) is 16.8 Å². The highest BCUT2D eigenvalue weighted by Gasteiger charge is 2.61. The summed E-state index contributed by atoms with van der Waals surface area (Å²) < 4.78 is 18.8. The summed E-state index contributed by atoms with van der Waals surface area (Å²) in [5.41, 5.74) is 0.696. The lowest BCUT2D eigenvalue weighted by Gasteiger charge is -2.57. The molecule has 2 fully saturated rings. The van der Waals surface area contributed by atoms with Gasteiger partial charge >= 0.3 is 5.97 Å². The standard InChI is InChI=1S/C27H35N3O5/c1-4-33-25(32)27-14-20-24(19-9-5-6-10-21(19)35-26(20,2)3)34-22(27)12-13-30(17-27)23(31)11-7-8-18-15-28-29-16-18/h5-6,9-10,15-16,20,22,24H,4,7-8,11-14,17H2,1-3H3,(H,28,29)/t20-,22-,24+,27-/m1/s1. The van der Waals surface area contributed by atoms with Gasteiger partial charge in [-0.3, -0.25) is 14.7 Å². The largest absolute Gasteiger partial charge is 0.487 e. The number of rotatable bonds is 6. The van der Waals surface area contributed by atoms with Gasteiger partial charge < -0.3 is 19.1 Å². The van der Waals surface area contributed by atoms with Gasteiger partial charge in [-0.05, 0) is 58.1 Å². The Balaban J connectivity index is 1.38. The molecule has 2 aromatic rings. The van der Waals surface area contributed by atoms with Crippen LogP contribution < -0.4 is 4.74 Å². The molecule has 35 heavy (non-hydrogen) atoms. The van der Waals surface area contributed by atoms with Gasteiger partial charge in [0.2, 0.25) is 5.91 Å². The van der Waals surface area contributed by atoms with Crippen LogP contribution in [0.1, 0.15) is 63.7 Å². The average Bonchev–Trinajstić information content (AvgIpc) is 3.36. The van der Waals surface area contributed by atoms with Crippen LogP contribution in [0, 0.1) is 11.3 Å². The van der Waals surface area contributed by atoms with Crippen molar-refractivity contribution in [3.05, 3.63) is 47.8 Å². The highest BCUT2D eigenvalue weighted by molar-refractivity contribution is 5.81. The van der Waals surface area contributed by atoms with Crippen molar-refractivity contribution in [1.29, 1.82) is 0 Å². The second kappa shape index (κ2) is 9.30. The number of para-hydroxylation sites is 1. The Morgan fingerprint density at radius 3 is 2.89 bits per heavy atom. The van der Waals surface area contributed by atoms with E-state index < -0.39 is 11.0 Å². The Morgan fingerprint density at radius 2 is 2.11 bits per heavy atom. The van der Waals surface area contributed by atoms with Gasteiger partial charge in [0.15, 0.2) is 0 Å². The highest BCUT2D eigenvalue weighted by Crippen LogP contribution is 2.57. The molecule has 4 heterocycles.